The Bertz CT molecular complexity index is 98.9. The molecule has 0 saturated carbocycles. The second-order valence-electron chi connectivity index (χ2n) is 1.64. The number of carboxylic acid groups (broad SMARTS) is 1. The largest absolute Gasteiger partial charge is 0.479 e. The van der Waals surface area contributed by atoms with E-state index in [1.165, 1.54) is 11.8 Å². The number of carboxylic acids is 1. The first-order valence-corrected chi connectivity index (χ1v) is 3.97. The molecule has 0 heterocycles. The smallest absolute Gasteiger partial charge is 0.332 e. The molecule has 0 aliphatic heterocycles. The van der Waals surface area contributed by atoms with E-state index in [2.05, 4.69) is 0 Å². The Kier molecular flexibility index (Phi) is 9.58. The first-order valence-electron chi connectivity index (χ1n) is 2.58. The second kappa shape index (κ2) is 7.41. The van der Waals surface area contributed by atoms with Crippen molar-refractivity contribution < 1.29 is 32.1 Å². The molecule has 0 bridgehead atoms. The minimum absolute atomic E-state index is 0. The third kappa shape index (κ3) is 6.42. The summed E-state index contributed by atoms with van der Waals surface area (Å²) in [4.78, 5) is 9.95. The maximum absolute atomic E-state index is 9.95. The molecule has 0 rings (SSSR count). The fraction of sp³-hybridized carbons (Fsp3) is 0.800. The van der Waals surface area contributed by atoms with Crippen LogP contribution in [0.25, 0.3) is 0 Å². The Hall–Kier alpha value is 0.299. The predicted octanol–water partition coefficient (Wildman–Crippen LogP) is 0.182. The maximum atomic E-state index is 9.95. The number of hydrogen-bond acceptors (Lipinski definition) is 3. The minimum Gasteiger partial charge on any atom is -0.479 e. The number of carbonyl (C=O) groups is 1. The van der Waals surface area contributed by atoms with Gasteiger partial charge in [-0.2, -0.15) is 11.8 Å². The average molecular weight is 205 g/mol. The summed E-state index contributed by atoms with van der Waals surface area (Å²) in [5.41, 5.74) is 0. The fourth-order valence-electron chi connectivity index (χ4n) is 0.353. The van der Waals surface area contributed by atoms with E-state index in [0.717, 1.165) is 0 Å². The van der Waals surface area contributed by atoms with Gasteiger partial charge < -0.3 is 10.2 Å². The molecular formula is C5H10MnO3S. The molecule has 1 unspecified atom stereocenters. The van der Waals surface area contributed by atoms with Crippen molar-refractivity contribution in [2.75, 3.05) is 12.0 Å². The van der Waals surface area contributed by atoms with Crippen molar-refractivity contribution in [1.82, 2.24) is 0 Å². The summed E-state index contributed by atoms with van der Waals surface area (Å²) in [6.07, 6.45) is 1.02. The van der Waals surface area contributed by atoms with Gasteiger partial charge in [0, 0.05) is 17.1 Å². The van der Waals surface area contributed by atoms with Crippen LogP contribution >= 0.6 is 11.8 Å². The van der Waals surface area contributed by atoms with E-state index in [4.69, 9.17) is 10.2 Å². The number of rotatable bonds is 4. The van der Waals surface area contributed by atoms with E-state index in [1.807, 2.05) is 6.26 Å². The second-order valence-corrected chi connectivity index (χ2v) is 2.62. The Morgan fingerprint density at radius 2 is 2.20 bits per heavy atom. The van der Waals surface area contributed by atoms with Crippen LogP contribution in [0.15, 0.2) is 0 Å². The molecule has 0 spiro atoms. The van der Waals surface area contributed by atoms with Crippen LogP contribution < -0.4 is 0 Å². The summed E-state index contributed by atoms with van der Waals surface area (Å²) >= 11 is 1.52. The van der Waals surface area contributed by atoms with Crippen molar-refractivity contribution in [3.8, 4) is 0 Å². The first-order chi connectivity index (χ1) is 4.18. The van der Waals surface area contributed by atoms with Gasteiger partial charge in [-0.05, 0) is 18.4 Å². The van der Waals surface area contributed by atoms with Crippen LogP contribution in [-0.2, 0) is 21.9 Å². The average Bonchev–Trinajstić information content (AvgIpc) is 1.82. The molecule has 61 valence electrons. The van der Waals surface area contributed by atoms with E-state index in [0.29, 0.717) is 12.2 Å². The van der Waals surface area contributed by atoms with E-state index in [-0.39, 0.29) is 17.1 Å². The number of aliphatic hydroxyl groups is 1. The van der Waals surface area contributed by atoms with Gasteiger partial charge in [-0.25, -0.2) is 4.79 Å². The van der Waals surface area contributed by atoms with Gasteiger partial charge in [-0.3, -0.25) is 0 Å². The van der Waals surface area contributed by atoms with E-state index < -0.39 is 12.1 Å². The van der Waals surface area contributed by atoms with Crippen molar-refractivity contribution in [2.45, 2.75) is 12.5 Å². The Morgan fingerprint density at radius 1 is 1.70 bits per heavy atom. The monoisotopic (exact) mass is 205 g/mol. The molecule has 0 aliphatic carbocycles. The van der Waals surface area contributed by atoms with Crippen LogP contribution in [0.1, 0.15) is 6.42 Å². The molecular weight excluding hydrogens is 195 g/mol. The molecule has 0 saturated heterocycles. The Labute approximate surface area is 74.7 Å². The summed E-state index contributed by atoms with van der Waals surface area (Å²) in [6, 6.07) is 0. The van der Waals surface area contributed by atoms with Crippen LogP contribution in [0, 0.1) is 0 Å². The normalized spacial score (nSPS) is 11.8. The molecule has 1 atom stereocenters. The van der Waals surface area contributed by atoms with Crippen molar-refractivity contribution in [3.63, 3.8) is 0 Å². The van der Waals surface area contributed by atoms with E-state index >= 15 is 0 Å². The van der Waals surface area contributed by atoms with E-state index in [9.17, 15) is 4.79 Å². The molecule has 0 aromatic heterocycles. The van der Waals surface area contributed by atoms with Crippen LogP contribution in [0.3, 0.4) is 0 Å². The number of thioether (sulfide) groups is 1. The third-order valence-corrected chi connectivity index (χ3v) is 1.52. The van der Waals surface area contributed by atoms with Gasteiger partial charge in [0.15, 0.2) is 6.10 Å². The van der Waals surface area contributed by atoms with Crippen LogP contribution in [0.4, 0.5) is 0 Å². The van der Waals surface area contributed by atoms with E-state index in [1.54, 1.807) is 0 Å². The van der Waals surface area contributed by atoms with Crippen LogP contribution in [-0.4, -0.2) is 34.3 Å². The molecule has 0 aliphatic rings. The quantitative estimate of drug-likeness (QED) is 0.643. The number of hydrogen-bond donors (Lipinski definition) is 2. The van der Waals surface area contributed by atoms with Crippen molar-refractivity contribution in [2.24, 2.45) is 0 Å². The van der Waals surface area contributed by atoms with Gasteiger partial charge in [0.05, 0.1) is 0 Å². The van der Waals surface area contributed by atoms with Gasteiger partial charge >= 0.3 is 5.97 Å². The van der Waals surface area contributed by atoms with Crippen molar-refractivity contribution in [1.29, 1.82) is 0 Å². The topological polar surface area (TPSA) is 57.5 Å². The van der Waals surface area contributed by atoms with Crippen molar-refractivity contribution in [3.05, 3.63) is 0 Å². The molecule has 10 heavy (non-hydrogen) atoms. The van der Waals surface area contributed by atoms with Crippen LogP contribution in [0.5, 0.6) is 0 Å². The summed E-state index contributed by atoms with van der Waals surface area (Å²) in [6.45, 7) is 0. The molecule has 0 aromatic carbocycles. The third-order valence-electron chi connectivity index (χ3n) is 0.880. The first kappa shape index (κ1) is 12.9. The standard InChI is InChI=1S/C5H10O3S.Mn/c1-9-3-2-4(6)5(7)8;/h4,6H,2-3H2,1H3,(H,7,8);. The van der Waals surface area contributed by atoms with Gasteiger partial charge in [0.2, 0.25) is 0 Å². The van der Waals surface area contributed by atoms with Gasteiger partial charge in [0.25, 0.3) is 0 Å². The molecule has 2 N–H and O–H groups in total. The van der Waals surface area contributed by atoms with Gasteiger partial charge in [0.1, 0.15) is 0 Å². The van der Waals surface area contributed by atoms with Gasteiger partial charge in [-0.15, -0.1) is 0 Å². The minimum atomic E-state index is -1.18. The summed E-state index contributed by atoms with van der Waals surface area (Å²) in [7, 11) is 0. The molecule has 0 aromatic rings. The van der Waals surface area contributed by atoms with Crippen LogP contribution in [0.2, 0.25) is 0 Å². The zero-order chi connectivity index (χ0) is 7.28. The summed E-state index contributed by atoms with van der Waals surface area (Å²) < 4.78 is 0. The predicted molar refractivity (Wildman–Crippen MR) is 36.6 cm³/mol. The number of aliphatic carboxylic acids is 1. The Morgan fingerprint density at radius 3 is 2.50 bits per heavy atom. The zero-order valence-electron chi connectivity index (χ0n) is 5.58. The summed E-state index contributed by atoms with van der Waals surface area (Å²) in [5, 5.41) is 16.8. The molecule has 0 fully saturated rings. The zero-order valence-corrected chi connectivity index (χ0v) is 7.58. The molecule has 0 amide bonds. The fourth-order valence-corrected chi connectivity index (χ4v) is 0.812. The van der Waals surface area contributed by atoms with Crippen molar-refractivity contribution >= 4 is 17.7 Å². The summed E-state index contributed by atoms with van der Waals surface area (Å²) in [5.74, 6) is -0.447. The molecule has 5 heteroatoms. The molecule has 1 radical (unpaired) electrons. The van der Waals surface area contributed by atoms with Gasteiger partial charge in [-0.1, -0.05) is 0 Å². The maximum Gasteiger partial charge on any atom is 0.332 e. The Balaban J connectivity index is 0. The number of aliphatic hydroxyl groups excluding tert-OH is 1. The SMILES string of the molecule is CSCCC(O)C(=O)O.[Mn]. The molecule has 3 nitrogen and oxygen atoms in total.